The summed E-state index contributed by atoms with van der Waals surface area (Å²) in [4.78, 5) is 24.7. The summed E-state index contributed by atoms with van der Waals surface area (Å²) in [6, 6.07) is 3.93. The minimum absolute atomic E-state index is 0.677. The van der Waals surface area contributed by atoms with E-state index in [1.165, 1.54) is 39.9 Å². The van der Waals surface area contributed by atoms with Crippen molar-refractivity contribution in [3.8, 4) is 0 Å². The molecule has 0 amide bonds. The van der Waals surface area contributed by atoms with Gasteiger partial charge in [0.2, 0.25) is 0 Å². The third-order valence-electron chi connectivity index (χ3n) is 6.93. The number of hydrogen-bond acceptors (Lipinski definition) is 8. The van der Waals surface area contributed by atoms with Crippen LogP contribution in [0.25, 0.3) is 10.2 Å². The molecule has 3 aromatic rings. The zero-order valence-electron chi connectivity index (χ0n) is 18.8. The first-order valence-electron chi connectivity index (χ1n) is 12.0. The Morgan fingerprint density at radius 2 is 1.73 bits per heavy atom. The molecule has 7 nitrogen and oxygen atoms in total. The van der Waals surface area contributed by atoms with Gasteiger partial charge in [0.15, 0.2) is 0 Å². The molecular weight excluding hydrogens is 456 g/mol. The number of aryl methyl sites for hydroxylation is 2. The number of morpholine rings is 1. The number of thiophene rings is 1. The molecule has 9 heteroatoms. The van der Waals surface area contributed by atoms with Crippen molar-refractivity contribution in [2.75, 3.05) is 62.3 Å². The van der Waals surface area contributed by atoms with E-state index < -0.39 is 0 Å². The molecule has 0 unspecified atom stereocenters. The van der Waals surface area contributed by atoms with Crippen molar-refractivity contribution in [1.82, 2.24) is 19.9 Å². The zero-order chi connectivity index (χ0) is 22.2. The van der Waals surface area contributed by atoms with E-state index in [0.29, 0.717) is 5.02 Å². The minimum atomic E-state index is 0.677. The predicted octanol–water partition coefficient (Wildman–Crippen LogP) is 3.78. The molecule has 0 spiro atoms. The van der Waals surface area contributed by atoms with Crippen LogP contribution >= 0.6 is 22.9 Å². The highest BCUT2D eigenvalue weighted by Crippen LogP contribution is 2.40. The molecule has 2 saturated heterocycles. The molecule has 0 aromatic carbocycles. The number of fused-ring (bicyclic) bond motifs is 3. The van der Waals surface area contributed by atoms with Crippen molar-refractivity contribution < 1.29 is 4.74 Å². The number of nitrogens with zero attached hydrogens (tertiary/aromatic N) is 6. The molecule has 5 heterocycles. The van der Waals surface area contributed by atoms with E-state index in [2.05, 4.69) is 19.7 Å². The molecule has 0 atom stereocenters. The van der Waals surface area contributed by atoms with E-state index >= 15 is 0 Å². The van der Waals surface area contributed by atoms with Gasteiger partial charge in [-0.05, 0) is 43.4 Å². The fourth-order valence-corrected chi connectivity index (χ4v) is 6.53. The third-order valence-corrected chi connectivity index (χ3v) is 8.33. The van der Waals surface area contributed by atoms with Crippen LogP contribution in [0.3, 0.4) is 0 Å². The van der Waals surface area contributed by atoms with Crippen LogP contribution in [0.5, 0.6) is 0 Å². The highest BCUT2D eigenvalue weighted by atomic mass is 35.5. The van der Waals surface area contributed by atoms with E-state index in [0.717, 1.165) is 82.9 Å². The lowest BCUT2D eigenvalue weighted by Gasteiger charge is -2.36. The molecule has 0 saturated carbocycles. The van der Waals surface area contributed by atoms with Gasteiger partial charge in [-0.25, -0.2) is 15.0 Å². The van der Waals surface area contributed by atoms with Crippen molar-refractivity contribution in [2.45, 2.75) is 32.2 Å². The zero-order valence-corrected chi connectivity index (χ0v) is 20.4. The van der Waals surface area contributed by atoms with Crippen LogP contribution in [-0.4, -0.2) is 72.3 Å². The Bertz CT molecular complexity index is 1120. The first-order chi connectivity index (χ1) is 16.2. The van der Waals surface area contributed by atoms with Gasteiger partial charge < -0.3 is 14.5 Å². The highest BCUT2D eigenvalue weighted by Gasteiger charge is 2.27. The molecule has 6 rings (SSSR count). The fraction of sp³-hybridized carbons (Fsp3) is 0.542. The number of hydrogen-bond donors (Lipinski definition) is 0. The Hall–Kier alpha value is -2.00. The normalized spacial score (nSPS) is 19.8. The molecule has 0 bridgehead atoms. The predicted molar refractivity (Wildman–Crippen MR) is 134 cm³/mol. The van der Waals surface area contributed by atoms with Gasteiger partial charge in [-0.1, -0.05) is 11.6 Å². The van der Waals surface area contributed by atoms with Gasteiger partial charge in [0.05, 0.1) is 30.2 Å². The lowest BCUT2D eigenvalue weighted by atomic mass is 9.97. The number of pyridine rings is 1. The van der Waals surface area contributed by atoms with Crippen LogP contribution < -0.4 is 9.80 Å². The second kappa shape index (κ2) is 9.33. The van der Waals surface area contributed by atoms with Gasteiger partial charge in [-0.3, -0.25) is 4.90 Å². The van der Waals surface area contributed by atoms with Crippen molar-refractivity contribution in [1.29, 1.82) is 0 Å². The topological polar surface area (TPSA) is 57.6 Å². The fourth-order valence-electron chi connectivity index (χ4n) is 5.14. The van der Waals surface area contributed by atoms with E-state index in [4.69, 9.17) is 26.3 Å². The minimum Gasteiger partial charge on any atom is -0.379 e. The molecule has 174 valence electrons. The van der Waals surface area contributed by atoms with Crippen LogP contribution in [0.2, 0.25) is 5.02 Å². The summed E-state index contributed by atoms with van der Waals surface area (Å²) in [7, 11) is 0. The number of ether oxygens (including phenoxy) is 1. The van der Waals surface area contributed by atoms with Crippen molar-refractivity contribution >= 4 is 44.8 Å². The molecule has 0 radical (unpaired) electrons. The summed E-state index contributed by atoms with van der Waals surface area (Å²) in [5, 5.41) is 1.99. The van der Waals surface area contributed by atoms with Crippen molar-refractivity contribution in [2.24, 2.45) is 0 Å². The number of halogens is 1. The number of aromatic nitrogens is 3. The standard InChI is InChI=1S/C24H29ClN6OS/c25-17-5-6-21(26-15-17)30-7-9-31(10-8-30)23-22-18-3-1-2-4-19(18)33-24(22)28-20(27-23)16-29-11-13-32-14-12-29/h5-6,15H,1-4,7-14,16H2. The summed E-state index contributed by atoms with van der Waals surface area (Å²) in [5.41, 5.74) is 1.51. The van der Waals surface area contributed by atoms with Gasteiger partial charge in [0.1, 0.15) is 22.3 Å². The quantitative estimate of drug-likeness (QED) is 0.558. The van der Waals surface area contributed by atoms with Gasteiger partial charge in [-0.15, -0.1) is 11.3 Å². The maximum atomic E-state index is 6.03. The Labute approximate surface area is 203 Å². The van der Waals surface area contributed by atoms with Crippen LogP contribution in [-0.2, 0) is 24.1 Å². The Morgan fingerprint density at radius 1 is 0.939 bits per heavy atom. The molecule has 1 aliphatic carbocycles. The Morgan fingerprint density at radius 3 is 2.52 bits per heavy atom. The summed E-state index contributed by atoms with van der Waals surface area (Å²) in [6.07, 6.45) is 6.63. The molecule has 0 N–H and O–H groups in total. The van der Waals surface area contributed by atoms with Gasteiger partial charge in [0.25, 0.3) is 0 Å². The lowest BCUT2D eigenvalue weighted by molar-refractivity contribution is 0.0331. The summed E-state index contributed by atoms with van der Waals surface area (Å²) < 4.78 is 5.53. The first kappa shape index (κ1) is 21.5. The van der Waals surface area contributed by atoms with Gasteiger partial charge in [0, 0.05) is 50.3 Å². The molecule has 33 heavy (non-hydrogen) atoms. The number of rotatable bonds is 4. The Kier molecular flexibility index (Phi) is 6.09. The molecular formula is C24H29ClN6OS. The number of anilines is 2. The highest BCUT2D eigenvalue weighted by molar-refractivity contribution is 7.19. The number of piperazine rings is 1. The van der Waals surface area contributed by atoms with E-state index in [-0.39, 0.29) is 0 Å². The molecule has 3 aliphatic rings. The van der Waals surface area contributed by atoms with Crippen LogP contribution in [0.4, 0.5) is 11.6 Å². The van der Waals surface area contributed by atoms with Gasteiger partial charge >= 0.3 is 0 Å². The SMILES string of the molecule is Clc1ccc(N2CCN(c3nc(CN4CCOCC4)nc4sc5c(c34)CCCC5)CC2)nc1. The van der Waals surface area contributed by atoms with Crippen LogP contribution in [0.15, 0.2) is 18.3 Å². The average Bonchev–Trinajstić information content (AvgIpc) is 3.23. The lowest BCUT2D eigenvalue weighted by Crippen LogP contribution is -2.47. The van der Waals surface area contributed by atoms with Crippen LogP contribution in [0.1, 0.15) is 29.1 Å². The smallest absolute Gasteiger partial charge is 0.146 e. The summed E-state index contributed by atoms with van der Waals surface area (Å²) >= 11 is 7.93. The second-order valence-corrected chi connectivity index (χ2v) is 10.6. The van der Waals surface area contributed by atoms with E-state index in [9.17, 15) is 0 Å². The summed E-state index contributed by atoms with van der Waals surface area (Å²) in [6.45, 7) is 7.98. The average molecular weight is 485 g/mol. The van der Waals surface area contributed by atoms with Gasteiger partial charge in [-0.2, -0.15) is 0 Å². The molecule has 2 aliphatic heterocycles. The van der Waals surface area contributed by atoms with Crippen molar-refractivity contribution in [3.63, 3.8) is 0 Å². The largest absolute Gasteiger partial charge is 0.379 e. The van der Waals surface area contributed by atoms with E-state index in [1.54, 1.807) is 6.20 Å². The first-order valence-corrected chi connectivity index (χ1v) is 13.2. The van der Waals surface area contributed by atoms with Crippen LogP contribution in [0, 0.1) is 0 Å². The molecule has 2 fully saturated rings. The summed E-state index contributed by atoms with van der Waals surface area (Å²) in [5.74, 6) is 3.08. The molecule has 3 aromatic heterocycles. The Balaban J connectivity index is 1.30. The van der Waals surface area contributed by atoms with E-state index in [1.807, 2.05) is 23.5 Å². The second-order valence-electron chi connectivity index (χ2n) is 9.05. The van der Waals surface area contributed by atoms with Crippen molar-refractivity contribution in [3.05, 3.63) is 39.6 Å². The monoisotopic (exact) mass is 484 g/mol. The maximum absolute atomic E-state index is 6.03. The maximum Gasteiger partial charge on any atom is 0.146 e. The third kappa shape index (κ3) is 4.41.